The molecule has 0 N–H and O–H groups in total. The molecule has 0 fully saturated rings. The van der Waals surface area contributed by atoms with Crippen molar-refractivity contribution in [3.8, 4) is 0 Å². The second-order valence-corrected chi connectivity index (χ2v) is 2.72. The summed E-state index contributed by atoms with van der Waals surface area (Å²) in [4.78, 5) is 0. The van der Waals surface area contributed by atoms with Gasteiger partial charge in [-0.3, -0.25) is 0 Å². The Balaban J connectivity index is 2.96. The van der Waals surface area contributed by atoms with Gasteiger partial charge in [0.2, 0.25) is 0 Å². The molecule has 1 aromatic carbocycles. The van der Waals surface area contributed by atoms with Crippen LogP contribution in [0.5, 0.6) is 0 Å². The highest BCUT2D eigenvalue weighted by Crippen LogP contribution is 2.11. The van der Waals surface area contributed by atoms with E-state index in [0.29, 0.717) is 0 Å². The van der Waals surface area contributed by atoms with Crippen molar-refractivity contribution in [2.75, 3.05) is 0 Å². The maximum Gasteiger partial charge on any atom is 0.0286 e. The van der Waals surface area contributed by atoms with Gasteiger partial charge in [-0.05, 0) is 23.6 Å². The van der Waals surface area contributed by atoms with Gasteiger partial charge in [0.25, 0.3) is 0 Å². The summed E-state index contributed by atoms with van der Waals surface area (Å²) < 4.78 is 0. The van der Waals surface area contributed by atoms with Gasteiger partial charge in [-0.25, -0.2) is 0 Å². The lowest BCUT2D eigenvalue weighted by molar-refractivity contribution is 1.10. The first-order chi connectivity index (χ1) is 4.88. The molecular weight excluding hydrogens is 188 g/mol. The summed E-state index contributed by atoms with van der Waals surface area (Å²) in [6, 6.07) is 9.32. The molecule has 1 aromatic rings. The minimum atomic E-state index is 0.938. The maximum atomic E-state index is 3.43. The lowest BCUT2D eigenvalue weighted by Gasteiger charge is -2.01. The van der Waals surface area contributed by atoms with Crippen LogP contribution in [-0.4, -0.2) is 0 Å². The van der Waals surface area contributed by atoms with Crippen molar-refractivity contribution in [1.82, 2.24) is 0 Å². The predicted molar refractivity (Wildman–Crippen MR) is 47.3 cm³/mol. The summed E-state index contributed by atoms with van der Waals surface area (Å²) >= 11 is 3.43. The number of hydrogen-bond donors (Lipinski definition) is 0. The standard InChI is InChI=1S/C9H10Br/c1-2-8-5-3-4-6-9(8)7-10/h3-4,6H,2,7H2,1H3. The molecule has 53 valence electrons. The van der Waals surface area contributed by atoms with Crippen molar-refractivity contribution in [1.29, 1.82) is 0 Å². The van der Waals surface area contributed by atoms with Crippen LogP contribution < -0.4 is 0 Å². The van der Waals surface area contributed by atoms with Gasteiger partial charge in [-0.15, -0.1) is 0 Å². The Morgan fingerprint density at radius 1 is 1.60 bits per heavy atom. The Hall–Kier alpha value is -0.300. The normalized spacial score (nSPS) is 9.80. The zero-order valence-corrected chi connectivity index (χ0v) is 7.61. The molecule has 0 saturated heterocycles. The van der Waals surface area contributed by atoms with E-state index in [-0.39, 0.29) is 0 Å². The molecule has 0 atom stereocenters. The number of halogens is 1. The molecule has 0 bridgehead atoms. The molecule has 1 rings (SSSR count). The van der Waals surface area contributed by atoms with E-state index in [1.165, 1.54) is 11.1 Å². The van der Waals surface area contributed by atoms with Crippen LogP contribution >= 0.6 is 15.9 Å². The molecule has 0 heterocycles. The van der Waals surface area contributed by atoms with Crippen LogP contribution in [0.1, 0.15) is 18.1 Å². The molecule has 0 amide bonds. The largest absolute Gasteiger partial charge is 0.0876 e. The van der Waals surface area contributed by atoms with Crippen molar-refractivity contribution in [3.63, 3.8) is 0 Å². The third-order valence-electron chi connectivity index (χ3n) is 1.54. The number of alkyl halides is 1. The lowest BCUT2D eigenvalue weighted by atomic mass is 10.1. The van der Waals surface area contributed by atoms with E-state index in [0.717, 1.165) is 11.8 Å². The van der Waals surface area contributed by atoms with E-state index in [4.69, 9.17) is 0 Å². The molecule has 0 saturated carbocycles. The van der Waals surface area contributed by atoms with Gasteiger partial charge in [0, 0.05) is 5.33 Å². The summed E-state index contributed by atoms with van der Waals surface area (Å²) in [5.41, 5.74) is 2.67. The highest BCUT2D eigenvalue weighted by atomic mass is 79.9. The van der Waals surface area contributed by atoms with Crippen molar-refractivity contribution in [2.24, 2.45) is 0 Å². The minimum Gasteiger partial charge on any atom is -0.0876 e. The number of aryl methyl sites for hydroxylation is 1. The van der Waals surface area contributed by atoms with Crippen LogP contribution in [0.15, 0.2) is 18.2 Å². The van der Waals surface area contributed by atoms with Crippen LogP contribution in [-0.2, 0) is 11.8 Å². The van der Waals surface area contributed by atoms with E-state index in [1.807, 2.05) is 12.1 Å². The molecule has 0 spiro atoms. The van der Waals surface area contributed by atoms with Crippen molar-refractivity contribution in [2.45, 2.75) is 18.7 Å². The Morgan fingerprint density at radius 3 is 2.90 bits per heavy atom. The van der Waals surface area contributed by atoms with Gasteiger partial charge in [0.05, 0.1) is 0 Å². The first-order valence-corrected chi connectivity index (χ1v) is 4.55. The SMILES string of the molecule is CCc1[c]cccc1CBr. The minimum absolute atomic E-state index is 0.938. The second-order valence-electron chi connectivity index (χ2n) is 2.16. The van der Waals surface area contributed by atoms with Crippen molar-refractivity contribution >= 4 is 15.9 Å². The smallest absolute Gasteiger partial charge is 0.0286 e. The molecule has 0 nitrogen and oxygen atoms in total. The molecule has 1 radical (unpaired) electrons. The summed E-state index contributed by atoms with van der Waals surface area (Å²) in [5.74, 6) is 0. The average molecular weight is 198 g/mol. The first-order valence-electron chi connectivity index (χ1n) is 3.43. The van der Waals surface area contributed by atoms with Gasteiger partial charge in [0.1, 0.15) is 0 Å². The van der Waals surface area contributed by atoms with Crippen LogP contribution in [0.25, 0.3) is 0 Å². The predicted octanol–water partition coefficient (Wildman–Crippen LogP) is 2.94. The third kappa shape index (κ3) is 1.60. The molecule has 10 heavy (non-hydrogen) atoms. The Labute approximate surface area is 70.4 Å². The fraction of sp³-hybridized carbons (Fsp3) is 0.333. The van der Waals surface area contributed by atoms with Gasteiger partial charge >= 0.3 is 0 Å². The highest BCUT2D eigenvalue weighted by Gasteiger charge is 1.95. The Morgan fingerprint density at radius 2 is 2.40 bits per heavy atom. The number of hydrogen-bond acceptors (Lipinski definition) is 0. The van der Waals surface area contributed by atoms with Gasteiger partial charge < -0.3 is 0 Å². The van der Waals surface area contributed by atoms with E-state index in [9.17, 15) is 0 Å². The maximum absolute atomic E-state index is 3.43. The molecule has 1 heteroatoms. The van der Waals surface area contributed by atoms with Crippen molar-refractivity contribution in [3.05, 3.63) is 35.4 Å². The number of rotatable bonds is 2. The summed E-state index contributed by atoms with van der Waals surface area (Å²) in [7, 11) is 0. The van der Waals surface area contributed by atoms with E-state index < -0.39 is 0 Å². The number of benzene rings is 1. The fourth-order valence-corrected chi connectivity index (χ4v) is 1.49. The summed E-state index contributed by atoms with van der Waals surface area (Å²) in [6.07, 6.45) is 1.07. The van der Waals surface area contributed by atoms with Crippen molar-refractivity contribution < 1.29 is 0 Å². The highest BCUT2D eigenvalue weighted by molar-refractivity contribution is 9.08. The van der Waals surface area contributed by atoms with E-state index in [2.05, 4.69) is 35.0 Å². The van der Waals surface area contributed by atoms with Crippen LogP contribution in [0.4, 0.5) is 0 Å². The van der Waals surface area contributed by atoms with Crippen LogP contribution in [0.2, 0.25) is 0 Å². The third-order valence-corrected chi connectivity index (χ3v) is 2.14. The summed E-state index contributed by atoms with van der Waals surface area (Å²) in [5, 5.41) is 0.938. The van der Waals surface area contributed by atoms with Gasteiger partial charge in [0.15, 0.2) is 0 Å². The molecular formula is C9H10Br. The van der Waals surface area contributed by atoms with E-state index >= 15 is 0 Å². The fourth-order valence-electron chi connectivity index (χ4n) is 0.961. The van der Waals surface area contributed by atoms with Gasteiger partial charge in [-0.1, -0.05) is 41.1 Å². The molecule has 0 aliphatic carbocycles. The van der Waals surface area contributed by atoms with Gasteiger partial charge in [-0.2, -0.15) is 0 Å². The summed E-state index contributed by atoms with van der Waals surface area (Å²) in [6.45, 7) is 2.15. The molecule has 0 aliphatic rings. The van der Waals surface area contributed by atoms with Crippen LogP contribution in [0.3, 0.4) is 0 Å². The quantitative estimate of drug-likeness (QED) is 0.641. The van der Waals surface area contributed by atoms with Crippen LogP contribution in [0, 0.1) is 6.07 Å². The lowest BCUT2D eigenvalue weighted by Crippen LogP contribution is -1.87. The average Bonchev–Trinajstić information content (AvgIpc) is 2.04. The second kappa shape index (κ2) is 3.77. The Bertz CT molecular complexity index is 183. The molecule has 0 aromatic heterocycles. The topological polar surface area (TPSA) is 0 Å². The zero-order valence-electron chi connectivity index (χ0n) is 6.02. The van der Waals surface area contributed by atoms with E-state index in [1.54, 1.807) is 0 Å². The molecule has 0 aliphatic heterocycles. The monoisotopic (exact) mass is 197 g/mol. The first kappa shape index (κ1) is 7.80. The molecule has 0 unspecified atom stereocenters. The zero-order chi connectivity index (χ0) is 7.40. The Kier molecular flexibility index (Phi) is 2.94.